The molecule has 1 aromatic rings. The highest BCUT2D eigenvalue weighted by Gasteiger charge is 2.15. The van der Waals surface area contributed by atoms with E-state index in [-0.39, 0.29) is 17.0 Å². The highest BCUT2D eigenvalue weighted by molar-refractivity contribution is 6.01. The molecule has 2 N–H and O–H groups in total. The average molecular weight is 197 g/mol. The number of nitrogens with two attached hydrogens (primary N) is 1. The van der Waals surface area contributed by atoms with E-state index in [9.17, 15) is 9.18 Å². The molecule has 0 radical (unpaired) electrons. The lowest BCUT2D eigenvalue weighted by molar-refractivity contribution is 0.101. The number of rotatable bonds is 3. The number of halogens is 1. The molecule has 0 spiro atoms. The molecule has 0 amide bonds. The van der Waals surface area contributed by atoms with Gasteiger partial charge in [-0.15, -0.1) is 0 Å². The summed E-state index contributed by atoms with van der Waals surface area (Å²) in [5.74, 6) is -0.567. The van der Waals surface area contributed by atoms with Crippen molar-refractivity contribution in [2.45, 2.75) is 13.8 Å². The minimum absolute atomic E-state index is 0.117. The zero-order chi connectivity index (χ0) is 10.7. The highest BCUT2D eigenvalue weighted by Crippen LogP contribution is 2.27. The molecule has 1 aromatic carbocycles. The summed E-state index contributed by atoms with van der Waals surface area (Å²) in [5, 5.41) is 0. The maximum Gasteiger partial charge on any atom is 0.165 e. The van der Waals surface area contributed by atoms with Crippen LogP contribution in [-0.4, -0.2) is 12.4 Å². The van der Waals surface area contributed by atoms with Gasteiger partial charge in [0.2, 0.25) is 0 Å². The lowest BCUT2D eigenvalue weighted by Gasteiger charge is -2.10. The number of ether oxygens (including phenoxy) is 1. The van der Waals surface area contributed by atoms with E-state index >= 15 is 0 Å². The number of ketones is 1. The highest BCUT2D eigenvalue weighted by atomic mass is 19.1. The molecule has 0 saturated carbocycles. The van der Waals surface area contributed by atoms with Crippen LogP contribution in [-0.2, 0) is 0 Å². The SMILES string of the molecule is CCOc1ccc(F)c(N)c1C(C)=O. The third-order valence-electron chi connectivity index (χ3n) is 1.81. The average Bonchev–Trinajstić information content (AvgIpc) is 2.11. The lowest BCUT2D eigenvalue weighted by Crippen LogP contribution is -2.06. The molecule has 4 heteroatoms. The van der Waals surface area contributed by atoms with E-state index in [4.69, 9.17) is 10.5 Å². The standard InChI is InChI=1S/C10H12FNO2/c1-3-14-8-5-4-7(11)10(12)9(8)6(2)13/h4-5H,3,12H2,1-2H3. The van der Waals surface area contributed by atoms with Gasteiger partial charge in [-0.25, -0.2) is 4.39 Å². The molecule has 0 unspecified atom stereocenters. The first-order valence-corrected chi connectivity index (χ1v) is 4.29. The Bertz CT molecular complexity index is 363. The van der Waals surface area contributed by atoms with E-state index in [1.54, 1.807) is 6.92 Å². The van der Waals surface area contributed by atoms with Crippen LogP contribution in [0.3, 0.4) is 0 Å². The van der Waals surface area contributed by atoms with Crippen LogP contribution in [0.5, 0.6) is 5.75 Å². The molecule has 0 aliphatic carbocycles. The lowest BCUT2D eigenvalue weighted by atomic mass is 10.1. The number of hydrogen-bond acceptors (Lipinski definition) is 3. The smallest absolute Gasteiger partial charge is 0.165 e. The first kappa shape index (κ1) is 10.5. The molecule has 0 aliphatic rings. The molecule has 3 nitrogen and oxygen atoms in total. The topological polar surface area (TPSA) is 52.3 Å². The summed E-state index contributed by atoms with van der Waals surface area (Å²) in [6.45, 7) is 3.52. The van der Waals surface area contributed by atoms with E-state index in [0.717, 1.165) is 0 Å². The Hall–Kier alpha value is -1.58. The summed E-state index contributed by atoms with van der Waals surface area (Å²) in [4.78, 5) is 11.2. The van der Waals surface area contributed by atoms with E-state index in [0.29, 0.717) is 12.4 Å². The fraction of sp³-hybridized carbons (Fsp3) is 0.300. The van der Waals surface area contributed by atoms with Crippen molar-refractivity contribution < 1.29 is 13.9 Å². The van der Waals surface area contributed by atoms with Gasteiger partial charge in [0, 0.05) is 0 Å². The number of benzene rings is 1. The second kappa shape index (κ2) is 4.09. The van der Waals surface area contributed by atoms with Crippen molar-refractivity contribution >= 4 is 11.5 Å². The van der Waals surface area contributed by atoms with Crippen LogP contribution in [0.25, 0.3) is 0 Å². The summed E-state index contributed by atoms with van der Waals surface area (Å²) in [6, 6.07) is 2.60. The van der Waals surface area contributed by atoms with Crippen molar-refractivity contribution in [3.63, 3.8) is 0 Å². The zero-order valence-electron chi connectivity index (χ0n) is 8.13. The molecule has 0 aromatic heterocycles. The maximum atomic E-state index is 13.0. The van der Waals surface area contributed by atoms with Gasteiger partial charge in [0.15, 0.2) is 5.78 Å². The predicted octanol–water partition coefficient (Wildman–Crippen LogP) is 2.01. The van der Waals surface area contributed by atoms with Crippen molar-refractivity contribution in [3.05, 3.63) is 23.5 Å². The van der Waals surface area contributed by atoms with E-state index < -0.39 is 5.82 Å². The molecule has 0 aliphatic heterocycles. The monoisotopic (exact) mass is 197 g/mol. The Labute approximate surface area is 81.7 Å². The fourth-order valence-corrected chi connectivity index (χ4v) is 1.21. The molecule has 0 bridgehead atoms. The fourth-order valence-electron chi connectivity index (χ4n) is 1.21. The van der Waals surface area contributed by atoms with Crippen molar-refractivity contribution in [1.82, 2.24) is 0 Å². The molecule has 1 rings (SSSR count). The number of carbonyl (C=O) groups excluding carboxylic acids is 1. The van der Waals surface area contributed by atoms with Gasteiger partial charge in [0.25, 0.3) is 0 Å². The van der Waals surface area contributed by atoms with Gasteiger partial charge >= 0.3 is 0 Å². The van der Waals surface area contributed by atoms with Crippen LogP contribution in [0.2, 0.25) is 0 Å². The summed E-state index contributed by atoms with van der Waals surface area (Å²) < 4.78 is 18.2. The number of Topliss-reactive ketones (excluding diaryl/α,β-unsaturated/α-hetero) is 1. The van der Waals surface area contributed by atoms with Crippen molar-refractivity contribution in [1.29, 1.82) is 0 Å². The Morgan fingerprint density at radius 3 is 2.71 bits per heavy atom. The molecule has 0 fully saturated rings. The molecular formula is C10H12FNO2. The minimum atomic E-state index is -0.598. The maximum absolute atomic E-state index is 13.0. The van der Waals surface area contributed by atoms with E-state index in [1.165, 1.54) is 19.1 Å². The van der Waals surface area contributed by atoms with Gasteiger partial charge in [0.1, 0.15) is 11.6 Å². The molecule has 0 heterocycles. The molecule has 14 heavy (non-hydrogen) atoms. The summed E-state index contributed by atoms with van der Waals surface area (Å²) in [5.41, 5.74) is 5.41. The molecule has 76 valence electrons. The first-order valence-electron chi connectivity index (χ1n) is 4.29. The normalized spacial score (nSPS) is 9.93. The zero-order valence-corrected chi connectivity index (χ0v) is 8.13. The second-order valence-corrected chi connectivity index (χ2v) is 2.82. The Morgan fingerprint density at radius 2 is 2.21 bits per heavy atom. The third kappa shape index (κ3) is 1.84. The van der Waals surface area contributed by atoms with Crippen LogP contribution in [0, 0.1) is 5.82 Å². The van der Waals surface area contributed by atoms with Crippen LogP contribution < -0.4 is 10.5 Å². The largest absolute Gasteiger partial charge is 0.493 e. The van der Waals surface area contributed by atoms with Crippen molar-refractivity contribution in [2.24, 2.45) is 0 Å². The number of carbonyl (C=O) groups is 1. The van der Waals surface area contributed by atoms with Crippen LogP contribution in [0.1, 0.15) is 24.2 Å². The Balaban J connectivity index is 3.30. The number of hydrogen-bond donors (Lipinski definition) is 1. The van der Waals surface area contributed by atoms with E-state index in [1.807, 2.05) is 0 Å². The summed E-state index contributed by atoms with van der Waals surface area (Å²) in [6.07, 6.45) is 0. The summed E-state index contributed by atoms with van der Waals surface area (Å²) >= 11 is 0. The molecular weight excluding hydrogens is 185 g/mol. The molecule has 0 saturated heterocycles. The van der Waals surface area contributed by atoms with Gasteiger partial charge in [-0.3, -0.25) is 4.79 Å². The van der Waals surface area contributed by atoms with Gasteiger partial charge in [0.05, 0.1) is 17.9 Å². The Kier molecular flexibility index (Phi) is 3.06. The predicted molar refractivity (Wildman–Crippen MR) is 52.0 cm³/mol. The van der Waals surface area contributed by atoms with Gasteiger partial charge in [-0.2, -0.15) is 0 Å². The Morgan fingerprint density at radius 1 is 1.57 bits per heavy atom. The van der Waals surface area contributed by atoms with E-state index in [2.05, 4.69) is 0 Å². The minimum Gasteiger partial charge on any atom is -0.493 e. The van der Waals surface area contributed by atoms with Crippen molar-refractivity contribution in [2.75, 3.05) is 12.3 Å². The van der Waals surface area contributed by atoms with Gasteiger partial charge in [-0.05, 0) is 26.0 Å². The number of anilines is 1. The summed E-state index contributed by atoms with van der Waals surface area (Å²) in [7, 11) is 0. The number of nitrogen functional groups attached to an aromatic ring is 1. The van der Waals surface area contributed by atoms with Crippen molar-refractivity contribution in [3.8, 4) is 5.75 Å². The second-order valence-electron chi connectivity index (χ2n) is 2.82. The van der Waals surface area contributed by atoms with Crippen LogP contribution in [0.15, 0.2) is 12.1 Å². The van der Waals surface area contributed by atoms with Crippen LogP contribution >= 0.6 is 0 Å². The van der Waals surface area contributed by atoms with Gasteiger partial charge < -0.3 is 10.5 Å². The quantitative estimate of drug-likeness (QED) is 0.595. The van der Waals surface area contributed by atoms with Crippen LogP contribution in [0.4, 0.5) is 10.1 Å². The first-order chi connectivity index (χ1) is 6.57. The third-order valence-corrected chi connectivity index (χ3v) is 1.81. The van der Waals surface area contributed by atoms with Gasteiger partial charge in [-0.1, -0.05) is 0 Å². The molecule has 0 atom stereocenters.